The Bertz CT molecular complexity index is 696. The Hall–Kier alpha value is -2.29. The summed E-state index contributed by atoms with van der Waals surface area (Å²) in [4.78, 5) is 11.9. The number of ether oxygens (including phenoxy) is 2. The summed E-state index contributed by atoms with van der Waals surface area (Å²) >= 11 is 0. The quantitative estimate of drug-likeness (QED) is 0.588. The number of nitrogens with one attached hydrogen (secondary N) is 1. The van der Waals surface area contributed by atoms with Crippen molar-refractivity contribution in [2.75, 3.05) is 31.3 Å². The van der Waals surface area contributed by atoms with E-state index in [1.165, 1.54) is 20.3 Å². The fraction of sp³-hybridized carbons (Fsp3) is 0.429. The summed E-state index contributed by atoms with van der Waals surface area (Å²) in [6.45, 7) is 2.98. The molecule has 0 saturated heterocycles. The Kier molecular flexibility index (Phi) is 6.38. The average molecular weight is 343 g/mol. The van der Waals surface area contributed by atoms with Crippen LogP contribution in [0.3, 0.4) is 0 Å². The van der Waals surface area contributed by atoms with Crippen molar-refractivity contribution in [2.24, 2.45) is 5.10 Å². The Labute approximate surface area is 136 Å². The van der Waals surface area contributed by atoms with Gasteiger partial charge in [-0.15, -0.1) is 0 Å². The molecule has 0 aromatic heterocycles. The van der Waals surface area contributed by atoms with Crippen LogP contribution in [-0.4, -0.2) is 47.1 Å². The molecule has 1 N–H and O–H groups in total. The first-order valence-corrected chi connectivity index (χ1v) is 8.53. The van der Waals surface area contributed by atoms with Gasteiger partial charge in [-0.05, 0) is 26.0 Å². The summed E-state index contributed by atoms with van der Waals surface area (Å²) < 4.78 is 35.4. The van der Waals surface area contributed by atoms with Crippen LogP contribution < -0.4 is 19.2 Å². The van der Waals surface area contributed by atoms with E-state index in [4.69, 9.17) is 9.47 Å². The molecule has 9 heteroatoms. The second-order valence-electron chi connectivity index (χ2n) is 4.90. The van der Waals surface area contributed by atoms with Crippen molar-refractivity contribution >= 4 is 27.3 Å². The van der Waals surface area contributed by atoms with E-state index in [2.05, 4.69) is 10.5 Å². The summed E-state index contributed by atoms with van der Waals surface area (Å²) in [5.41, 5.74) is 3.14. The maximum absolute atomic E-state index is 12.1. The minimum absolute atomic E-state index is 0.210. The number of carbonyl (C=O) groups is 1. The van der Waals surface area contributed by atoms with Crippen molar-refractivity contribution in [1.82, 2.24) is 5.43 Å². The van der Waals surface area contributed by atoms with E-state index in [-0.39, 0.29) is 5.69 Å². The van der Waals surface area contributed by atoms with Gasteiger partial charge in [-0.1, -0.05) is 0 Å². The number of hydrogen-bond donors (Lipinski definition) is 1. The molecule has 8 nitrogen and oxygen atoms in total. The molecule has 1 aromatic rings. The molecule has 0 heterocycles. The lowest BCUT2D eigenvalue weighted by Gasteiger charge is -2.23. The minimum atomic E-state index is -3.72. The topological polar surface area (TPSA) is 97.3 Å². The molecule has 0 unspecified atom stereocenters. The molecule has 0 atom stereocenters. The molecule has 0 aliphatic rings. The van der Waals surface area contributed by atoms with Crippen molar-refractivity contribution in [3.63, 3.8) is 0 Å². The van der Waals surface area contributed by atoms with Gasteiger partial charge in [-0.25, -0.2) is 13.8 Å². The van der Waals surface area contributed by atoms with Gasteiger partial charge in [0, 0.05) is 11.8 Å². The molecule has 23 heavy (non-hydrogen) atoms. The molecule has 0 spiro atoms. The highest BCUT2D eigenvalue weighted by Gasteiger charge is 2.24. The summed E-state index contributed by atoms with van der Waals surface area (Å²) in [6, 6.07) is 4.69. The van der Waals surface area contributed by atoms with Gasteiger partial charge in [0.25, 0.3) is 5.91 Å². The first-order valence-electron chi connectivity index (χ1n) is 6.68. The molecule has 1 rings (SSSR count). The third-order valence-corrected chi connectivity index (χ3v) is 3.87. The molecule has 0 aliphatic carbocycles. The molecule has 0 radical (unpaired) electrons. The Morgan fingerprint density at radius 2 is 1.91 bits per heavy atom. The van der Waals surface area contributed by atoms with Crippen LogP contribution in [-0.2, 0) is 14.8 Å². The van der Waals surface area contributed by atoms with Crippen LogP contribution in [0.2, 0.25) is 0 Å². The number of anilines is 1. The highest BCUT2D eigenvalue weighted by atomic mass is 32.2. The van der Waals surface area contributed by atoms with Crippen molar-refractivity contribution in [3.8, 4) is 11.5 Å². The number of carbonyl (C=O) groups excluding carboxylic acids is 1. The maximum Gasteiger partial charge on any atom is 0.260 e. The van der Waals surface area contributed by atoms with Crippen LogP contribution in [0.4, 0.5) is 5.69 Å². The van der Waals surface area contributed by atoms with Crippen molar-refractivity contribution in [1.29, 1.82) is 0 Å². The Morgan fingerprint density at radius 3 is 2.39 bits per heavy atom. The first kappa shape index (κ1) is 18.8. The van der Waals surface area contributed by atoms with Crippen LogP contribution in [0, 0.1) is 0 Å². The van der Waals surface area contributed by atoms with E-state index < -0.39 is 22.5 Å². The van der Waals surface area contributed by atoms with Gasteiger partial charge >= 0.3 is 0 Å². The van der Waals surface area contributed by atoms with E-state index in [0.29, 0.717) is 17.2 Å². The highest BCUT2D eigenvalue weighted by molar-refractivity contribution is 7.92. The maximum atomic E-state index is 12.1. The van der Waals surface area contributed by atoms with Crippen molar-refractivity contribution in [3.05, 3.63) is 18.2 Å². The van der Waals surface area contributed by atoms with E-state index >= 15 is 0 Å². The summed E-state index contributed by atoms with van der Waals surface area (Å²) in [6.07, 6.45) is 1.01. The Balaban J connectivity index is 3.23. The molecule has 0 aliphatic heterocycles. The van der Waals surface area contributed by atoms with E-state index in [9.17, 15) is 13.2 Å². The molecule has 128 valence electrons. The number of sulfonamides is 1. The van der Waals surface area contributed by atoms with Gasteiger partial charge in [0.05, 0.1) is 26.2 Å². The SMILES string of the molecule is COc1ccc(OC)c(N(CC(=O)NN=C(C)C)S(C)(=O)=O)c1. The van der Waals surface area contributed by atoms with Crippen LogP contribution in [0.5, 0.6) is 11.5 Å². The van der Waals surface area contributed by atoms with E-state index in [1.807, 2.05) is 0 Å². The summed E-state index contributed by atoms with van der Waals surface area (Å²) in [5.74, 6) is 0.179. The van der Waals surface area contributed by atoms with Crippen molar-refractivity contribution < 1.29 is 22.7 Å². The molecule has 0 fully saturated rings. The fourth-order valence-corrected chi connectivity index (χ4v) is 2.56. The summed E-state index contributed by atoms with van der Waals surface area (Å²) in [5, 5.41) is 3.77. The Morgan fingerprint density at radius 1 is 1.26 bits per heavy atom. The molecular weight excluding hydrogens is 322 g/mol. The standard InChI is InChI=1S/C14H21N3O5S/c1-10(2)15-16-14(18)9-17(23(5,19)20)12-8-11(21-3)6-7-13(12)22-4/h6-8H,9H2,1-5H3,(H,16,18). The lowest BCUT2D eigenvalue weighted by atomic mass is 10.2. The van der Waals surface area contributed by atoms with Gasteiger partial charge in [0.2, 0.25) is 10.0 Å². The van der Waals surface area contributed by atoms with Gasteiger partial charge < -0.3 is 9.47 Å². The average Bonchev–Trinajstić information content (AvgIpc) is 2.48. The van der Waals surface area contributed by atoms with Crippen molar-refractivity contribution in [2.45, 2.75) is 13.8 Å². The zero-order chi connectivity index (χ0) is 17.6. The predicted molar refractivity (Wildman–Crippen MR) is 88.7 cm³/mol. The van der Waals surface area contributed by atoms with Crippen LogP contribution in [0.15, 0.2) is 23.3 Å². The molecule has 1 aromatic carbocycles. The largest absolute Gasteiger partial charge is 0.497 e. The molecule has 0 bridgehead atoms. The second kappa shape index (κ2) is 7.82. The number of hydrogen-bond acceptors (Lipinski definition) is 6. The third kappa shape index (κ3) is 5.44. The smallest absolute Gasteiger partial charge is 0.260 e. The monoisotopic (exact) mass is 343 g/mol. The predicted octanol–water partition coefficient (Wildman–Crippen LogP) is 0.982. The summed E-state index contributed by atoms with van der Waals surface area (Å²) in [7, 11) is -0.847. The lowest BCUT2D eigenvalue weighted by molar-refractivity contribution is -0.119. The number of rotatable bonds is 7. The molecular formula is C14H21N3O5S. The minimum Gasteiger partial charge on any atom is -0.497 e. The van der Waals surface area contributed by atoms with Gasteiger partial charge in [0.1, 0.15) is 18.0 Å². The second-order valence-corrected chi connectivity index (χ2v) is 6.81. The number of benzene rings is 1. The first-order chi connectivity index (χ1) is 10.7. The molecule has 0 saturated carbocycles. The zero-order valence-corrected chi connectivity index (χ0v) is 14.6. The van der Waals surface area contributed by atoms with Crippen LogP contribution in [0.1, 0.15) is 13.8 Å². The fourth-order valence-electron chi connectivity index (χ4n) is 1.71. The van der Waals surface area contributed by atoms with E-state index in [0.717, 1.165) is 10.6 Å². The van der Waals surface area contributed by atoms with E-state index in [1.54, 1.807) is 26.0 Å². The van der Waals surface area contributed by atoms with Gasteiger partial charge in [-0.3, -0.25) is 9.10 Å². The van der Waals surface area contributed by atoms with Crippen LogP contribution >= 0.6 is 0 Å². The van der Waals surface area contributed by atoms with Crippen LogP contribution in [0.25, 0.3) is 0 Å². The zero-order valence-electron chi connectivity index (χ0n) is 13.8. The normalized spacial score (nSPS) is 10.7. The third-order valence-electron chi connectivity index (χ3n) is 2.75. The van der Waals surface area contributed by atoms with Gasteiger partial charge in [0.15, 0.2) is 0 Å². The van der Waals surface area contributed by atoms with Gasteiger partial charge in [-0.2, -0.15) is 5.10 Å². The highest BCUT2D eigenvalue weighted by Crippen LogP contribution is 2.33. The lowest BCUT2D eigenvalue weighted by Crippen LogP contribution is -2.39. The number of methoxy groups -OCH3 is 2. The number of hydrazone groups is 1. The number of nitrogens with zero attached hydrogens (tertiary/aromatic N) is 2. The number of amides is 1. The molecule has 1 amide bonds.